The van der Waals surface area contributed by atoms with E-state index < -0.39 is 0 Å². The summed E-state index contributed by atoms with van der Waals surface area (Å²) >= 11 is 0. The maximum Gasteiger partial charge on any atom is 0.332 e. The Morgan fingerprint density at radius 2 is 0.950 bits per heavy atom. The Hall–Kier alpha value is -7.96. The van der Waals surface area contributed by atoms with E-state index >= 15 is 0 Å². The first-order chi connectivity index (χ1) is 29.8. The standard InChI is InChI=1S/C54H30BN3O2/c1-2-14-31(15-3-1)56-41-21-9-5-19-37(41)48-44(56)28-26-35-32-16-4-10-22-42(32)58(51(35)48)55-39-20-8-11-23-43(39)57-45-29-27-36-33-17-6-12-24-46(33)59-53(36)49(45)50-52(57)40(55)30-38-34-18-7-13-25-47(34)60-54(38)50/h1-30H. The van der Waals surface area contributed by atoms with Crippen molar-refractivity contribution < 1.29 is 8.83 Å². The van der Waals surface area contributed by atoms with E-state index in [-0.39, 0.29) is 6.85 Å². The minimum absolute atomic E-state index is 0.184. The summed E-state index contributed by atoms with van der Waals surface area (Å²) in [4.78, 5) is 0. The van der Waals surface area contributed by atoms with Gasteiger partial charge in [-0.25, -0.2) is 0 Å². The maximum absolute atomic E-state index is 6.97. The lowest BCUT2D eigenvalue weighted by Crippen LogP contribution is -2.53. The van der Waals surface area contributed by atoms with Crippen LogP contribution < -0.4 is 10.9 Å². The number of hydrogen-bond donors (Lipinski definition) is 0. The van der Waals surface area contributed by atoms with Crippen LogP contribution in [0, 0.1) is 0 Å². The first-order valence-corrected chi connectivity index (χ1v) is 20.6. The molecule has 276 valence electrons. The van der Waals surface area contributed by atoms with Gasteiger partial charge in [-0.05, 0) is 71.6 Å². The van der Waals surface area contributed by atoms with E-state index in [4.69, 9.17) is 8.83 Å². The molecule has 14 aromatic rings. The quantitative estimate of drug-likeness (QED) is 0.165. The van der Waals surface area contributed by atoms with Crippen molar-refractivity contribution in [3.05, 3.63) is 182 Å². The summed E-state index contributed by atoms with van der Waals surface area (Å²) in [5.41, 5.74) is 15.4. The molecule has 9 aromatic carbocycles. The Labute approximate surface area is 341 Å². The van der Waals surface area contributed by atoms with Gasteiger partial charge < -0.3 is 22.4 Å². The zero-order valence-electron chi connectivity index (χ0n) is 32.1. The van der Waals surface area contributed by atoms with Crippen LogP contribution in [0.5, 0.6) is 0 Å². The molecule has 5 nitrogen and oxygen atoms in total. The zero-order chi connectivity index (χ0) is 38.8. The van der Waals surface area contributed by atoms with Crippen LogP contribution in [0.3, 0.4) is 0 Å². The molecule has 0 spiro atoms. The smallest absolute Gasteiger partial charge is 0.332 e. The number of furan rings is 2. The van der Waals surface area contributed by atoms with Gasteiger partial charge in [-0.1, -0.05) is 121 Å². The van der Waals surface area contributed by atoms with Gasteiger partial charge in [0.15, 0.2) is 0 Å². The topological polar surface area (TPSA) is 41.1 Å². The van der Waals surface area contributed by atoms with Crippen molar-refractivity contribution >= 4 is 127 Å². The average Bonchev–Trinajstić information content (AvgIpc) is 4.11. The SMILES string of the molecule is c1ccc(-n2c3ccccc3c3c4c(ccc32)c2ccccc2n4B2c3ccccc3-n3c4ccc5c6ccccc6oc5c4c4c5oc6ccccc6c5cc2c43)cc1. The molecule has 0 atom stereocenters. The van der Waals surface area contributed by atoms with Crippen LogP contribution in [0.2, 0.25) is 0 Å². The molecule has 0 N–H and O–H groups in total. The molecule has 1 aliphatic heterocycles. The molecule has 0 bridgehead atoms. The molecule has 1 aliphatic rings. The molecule has 0 amide bonds. The highest BCUT2D eigenvalue weighted by molar-refractivity contribution is 6.89. The summed E-state index contributed by atoms with van der Waals surface area (Å²) in [7, 11) is 0. The molecule has 5 aromatic heterocycles. The fraction of sp³-hybridized carbons (Fsp3) is 0. The second-order valence-corrected chi connectivity index (χ2v) is 16.3. The first kappa shape index (κ1) is 31.1. The van der Waals surface area contributed by atoms with Crippen molar-refractivity contribution in [1.29, 1.82) is 0 Å². The monoisotopic (exact) mass is 763 g/mol. The van der Waals surface area contributed by atoms with Crippen molar-refractivity contribution in [3.8, 4) is 11.4 Å². The number of benzene rings is 9. The van der Waals surface area contributed by atoms with E-state index in [1.807, 2.05) is 0 Å². The Kier molecular flexibility index (Phi) is 5.67. The fourth-order valence-electron chi connectivity index (χ4n) is 11.2. The van der Waals surface area contributed by atoms with Gasteiger partial charge in [0.2, 0.25) is 0 Å². The van der Waals surface area contributed by atoms with Gasteiger partial charge in [0.05, 0.1) is 32.8 Å². The minimum atomic E-state index is -0.184. The van der Waals surface area contributed by atoms with Crippen LogP contribution in [0.4, 0.5) is 0 Å². The molecule has 0 aliphatic carbocycles. The first-order valence-electron chi connectivity index (χ1n) is 20.6. The Bertz CT molecular complexity index is 4200. The highest BCUT2D eigenvalue weighted by Crippen LogP contribution is 2.47. The van der Waals surface area contributed by atoms with Crippen molar-refractivity contribution in [2.45, 2.75) is 0 Å². The van der Waals surface area contributed by atoms with Crippen LogP contribution in [-0.2, 0) is 0 Å². The molecular formula is C54H30BN3O2. The number of nitrogens with zero attached hydrogens (tertiary/aromatic N) is 3. The summed E-state index contributed by atoms with van der Waals surface area (Å²) in [6, 6.07) is 66.1. The predicted octanol–water partition coefficient (Wildman–Crippen LogP) is 12.8. The number of aromatic nitrogens is 3. The minimum Gasteiger partial charge on any atom is -0.455 e. The molecule has 60 heavy (non-hydrogen) atoms. The van der Waals surface area contributed by atoms with Gasteiger partial charge in [-0.15, -0.1) is 0 Å². The second-order valence-electron chi connectivity index (χ2n) is 16.3. The number of fused-ring (bicyclic) bond motifs is 20. The van der Waals surface area contributed by atoms with E-state index in [0.717, 1.165) is 77.1 Å². The van der Waals surface area contributed by atoms with Crippen molar-refractivity contribution in [2.75, 3.05) is 0 Å². The third kappa shape index (κ3) is 3.67. The van der Waals surface area contributed by atoms with Crippen LogP contribution >= 0.6 is 0 Å². The van der Waals surface area contributed by atoms with E-state index in [9.17, 15) is 0 Å². The average molecular weight is 764 g/mol. The lowest BCUT2D eigenvalue weighted by Gasteiger charge is -2.28. The number of para-hydroxylation sites is 6. The third-order valence-corrected chi connectivity index (χ3v) is 13.5. The molecule has 0 saturated carbocycles. The lowest BCUT2D eigenvalue weighted by atomic mass is 9.48. The molecule has 6 heteroatoms. The van der Waals surface area contributed by atoms with Crippen molar-refractivity contribution in [2.24, 2.45) is 0 Å². The van der Waals surface area contributed by atoms with E-state index in [1.54, 1.807) is 0 Å². The van der Waals surface area contributed by atoms with Gasteiger partial charge in [-0.3, -0.25) is 0 Å². The molecule has 0 radical (unpaired) electrons. The van der Waals surface area contributed by atoms with Crippen LogP contribution in [0.1, 0.15) is 0 Å². The van der Waals surface area contributed by atoms with Gasteiger partial charge in [-0.2, -0.15) is 0 Å². The normalized spacial score (nSPS) is 13.0. The van der Waals surface area contributed by atoms with Crippen LogP contribution in [0.15, 0.2) is 191 Å². The van der Waals surface area contributed by atoms with E-state index in [2.05, 4.69) is 196 Å². The van der Waals surface area contributed by atoms with Gasteiger partial charge in [0, 0.05) is 65.5 Å². The largest absolute Gasteiger partial charge is 0.455 e. The van der Waals surface area contributed by atoms with E-state index in [0.29, 0.717) is 0 Å². The highest BCUT2D eigenvalue weighted by Gasteiger charge is 2.39. The molecule has 6 heterocycles. The van der Waals surface area contributed by atoms with E-state index in [1.165, 1.54) is 54.5 Å². The lowest BCUT2D eigenvalue weighted by molar-refractivity contribution is 0.670. The maximum atomic E-state index is 6.97. The van der Waals surface area contributed by atoms with Gasteiger partial charge in [0.25, 0.3) is 0 Å². The Morgan fingerprint density at radius 3 is 1.75 bits per heavy atom. The third-order valence-electron chi connectivity index (χ3n) is 13.5. The summed E-state index contributed by atoms with van der Waals surface area (Å²) in [5.74, 6) is 0. The summed E-state index contributed by atoms with van der Waals surface area (Å²) < 4.78 is 21.4. The number of rotatable bonds is 2. The molecule has 0 fully saturated rings. The fourth-order valence-corrected chi connectivity index (χ4v) is 11.2. The second kappa shape index (κ2) is 11.0. The van der Waals surface area contributed by atoms with Crippen LogP contribution in [0.25, 0.3) is 121 Å². The summed E-state index contributed by atoms with van der Waals surface area (Å²) in [6.45, 7) is -0.184. The van der Waals surface area contributed by atoms with Gasteiger partial charge >= 0.3 is 6.85 Å². The summed E-state index contributed by atoms with van der Waals surface area (Å²) in [6.07, 6.45) is 0. The number of hydrogen-bond acceptors (Lipinski definition) is 2. The molecule has 15 rings (SSSR count). The highest BCUT2D eigenvalue weighted by atomic mass is 16.3. The Morgan fingerprint density at radius 1 is 0.350 bits per heavy atom. The predicted molar refractivity (Wildman–Crippen MR) is 250 cm³/mol. The van der Waals surface area contributed by atoms with Crippen LogP contribution in [-0.4, -0.2) is 20.5 Å². The zero-order valence-corrected chi connectivity index (χ0v) is 32.1. The molecular weight excluding hydrogens is 733 g/mol. The van der Waals surface area contributed by atoms with Gasteiger partial charge in [0.1, 0.15) is 22.3 Å². The summed E-state index contributed by atoms with van der Waals surface area (Å²) in [5, 5.41) is 11.6. The van der Waals surface area contributed by atoms with Crippen molar-refractivity contribution in [3.63, 3.8) is 0 Å². The molecule has 0 unspecified atom stereocenters. The molecule has 0 saturated heterocycles. The van der Waals surface area contributed by atoms with Crippen molar-refractivity contribution in [1.82, 2.24) is 13.6 Å². The Balaban J connectivity index is 1.19.